The van der Waals surface area contributed by atoms with Crippen LogP contribution < -0.4 is 5.73 Å². The predicted octanol–water partition coefficient (Wildman–Crippen LogP) is 2.71. The van der Waals surface area contributed by atoms with Crippen molar-refractivity contribution in [2.24, 2.45) is 5.73 Å². The minimum Gasteiger partial charge on any atom is -0.379 e. The van der Waals surface area contributed by atoms with Crippen LogP contribution in [-0.4, -0.2) is 17.3 Å². The van der Waals surface area contributed by atoms with Gasteiger partial charge in [0.2, 0.25) is 0 Å². The zero-order valence-corrected chi connectivity index (χ0v) is 10.9. The van der Waals surface area contributed by atoms with Gasteiger partial charge in [0.05, 0.1) is 5.60 Å². The number of hydrogen-bond acceptors (Lipinski definition) is 2. The lowest BCUT2D eigenvalue weighted by Crippen LogP contribution is -2.24. The molecule has 0 aliphatic carbocycles. The van der Waals surface area contributed by atoms with E-state index < -0.39 is 0 Å². The second-order valence-electron chi connectivity index (χ2n) is 4.91. The molecule has 1 unspecified atom stereocenters. The zero-order chi connectivity index (χ0) is 12.2. The third-order valence-electron chi connectivity index (χ3n) is 3.17. The van der Waals surface area contributed by atoms with E-state index in [1.165, 1.54) is 5.56 Å². The maximum absolute atomic E-state index is 5.98. The molecule has 0 aromatic carbocycles. The van der Waals surface area contributed by atoms with Crippen molar-refractivity contribution in [2.75, 3.05) is 7.11 Å². The summed E-state index contributed by atoms with van der Waals surface area (Å²) in [6.07, 6.45) is 6.21. The lowest BCUT2D eigenvalue weighted by atomic mass is 10.1. The fourth-order valence-corrected chi connectivity index (χ4v) is 1.55. The number of hydrogen-bond donors (Lipinski definition) is 1. The first-order valence-electron chi connectivity index (χ1n) is 5.95. The van der Waals surface area contributed by atoms with Gasteiger partial charge < -0.3 is 15.0 Å². The molecule has 3 heteroatoms. The summed E-state index contributed by atoms with van der Waals surface area (Å²) in [6, 6.07) is 2.27. The van der Waals surface area contributed by atoms with Crippen molar-refractivity contribution in [3.63, 3.8) is 0 Å². The molecule has 92 valence electrons. The Kier molecular flexibility index (Phi) is 4.56. The van der Waals surface area contributed by atoms with Crippen LogP contribution in [0.3, 0.4) is 0 Å². The van der Waals surface area contributed by atoms with Gasteiger partial charge >= 0.3 is 0 Å². The molecule has 1 heterocycles. The van der Waals surface area contributed by atoms with Gasteiger partial charge in [0.15, 0.2) is 0 Å². The van der Waals surface area contributed by atoms with E-state index in [9.17, 15) is 0 Å². The second kappa shape index (κ2) is 5.51. The van der Waals surface area contributed by atoms with Crippen molar-refractivity contribution in [1.29, 1.82) is 0 Å². The van der Waals surface area contributed by atoms with Gasteiger partial charge in [-0.3, -0.25) is 0 Å². The molecule has 0 bridgehead atoms. The molecule has 0 saturated heterocycles. The number of nitrogens with two attached hydrogens (primary N) is 1. The van der Waals surface area contributed by atoms with Crippen LogP contribution in [0.15, 0.2) is 18.5 Å². The Hall–Kier alpha value is -0.800. The number of rotatable bonds is 6. The lowest BCUT2D eigenvalue weighted by molar-refractivity contribution is 0.0120. The van der Waals surface area contributed by atoms with Crippen molar-refractivity contribution in [1.82, 2.24) is 4.57 Å². The normalized spacial score (nSPS) is 14.1. The molecule has 0 aliphatic rings. The first-order valence-corrected chi connectivity index (χ1v) is 5.95. The van der Waals surface area contributed by atoms with Gasteiger partial charge in [0.1, 0.15) is 0 Å². The minimum absolute atomic E-state index is 0.0582. The standard InChI is InChI=1S/C13H24N2O/c1-5-12(14)11-6-8-15(10-11)9-7-13(2,3)16-4/h6,8,10,12H,5,7,9,14H2,1-4H3. The molecule has 0 radical (unpaired) electrons. The molecule has 3 nitrogen and oxygen atoms in total. The Morgan fingerprint density at radius 1 is 1.50 bits per heavy atom. The minimum atomic E-state index is -0.0582. The molecule has 0 saturated carbocycles. The number of aryl methyl sites for hydroxylation is 1. The molecular weight excluding hydrogens is 200 g/mol. The molecule has 0 fully saturated rings. The molecule has 16 heavy (non-hydrogen) atoms. The van der Waals surface area contributed by atoms with Crippen LogP contribution >= 0.6 is 0 Å². The molecule has 0 aliphatic heterocycles. The van der Waals surface area contributed by atoms with Crippen LogP contribution in [0.25, 0.3) is 0 Å². The Bertz CT molecular complexity index is 317. The largest absolute Gasteiger partial charge is 0.379 e. The molecule has 0 amide bonds. The molecular formula is C13H24N2O. The molecule has 0 spiro atoms. The van der Waals surface area contributed by atoms with Gasteiger partial charge in [0, 0.05) is 32.1 Å². The van der Waals surface area contributed by atoms with Crippen LogP contribution in [0.1, 0.15) is 45.2 Å². The summed E-state index contributed by atoms with van der Waals surface area (Å²) in [5.41, 5.74) is 7.14. The van der Waals surface area contributed by atoms with Crippen LogP contribution in [0.4, 0.5) is 0 Å². The maximum Gasteiger partial charge on any atom is 0.0639 e. The number of aromatic nitrogens is 1. The fraction of sp³-hybridized carbons (Fsp3) is 0.692. The summed E-state index contributed by atoms with van der Waals surface area (Å²) < 4.78 is 7.58. The summed E-state index contributed by atoms with van der Waals surface area (Å²) in [5, 5.41) is 0. The van der Waals surface area contributed by atoms with Crippen molar-refractivity contribution in [3.8, 4) is 0 Å². The monoisotopic (exact) mass is 224 g/mol. The highest BCUT2D eigenvalue weighted by molar-refractivity contribution is 5.14. The number of methoxy groups -OCH3 is 1. The van der Waals surface area contributed by atoms with E-state index in [4.69, 9.17) is 10.5 Å². The van der Waals surface area contributed by atoms with E-state index in [2.05, 4.69) is 43.8 Å². The highest BCUT2D eigenvalue weighted by Gasteiger charge is 2.16. The van der Waals surface area contributed by atoms with E-state index in [-0.39, 0.29) is 11.6 Å². The topological polar surface area (TPSA) is 40.2 Å². The van der Waals surface area contributed by atoms with E-state index in [1.54, 1.807) is 7.11 Å². The Morgan fingerprint density at radius 2 is 2.19 bits per heavy atom. The maximum atomic E-state index is 5.98. The highest BCUT2D eigenvalue weighted by Crippen LogP contribution is 2.17. The molecule has 1 atom stereocenters. The van der Waals surface area contributed by atoms with Crippen molar-refractivity contribution >= 4 is 0 Å². The lowest BCUT2D eigenvalue weighted by Gasteiger charge is -2.22. The predicted molar refractivity (Wildman–Crippen MR) is 67.4 cm³/mol. The van der Waals surface area contributed by atoms with Gasteiger partial charge in [0.25, 0.3) is 0 Å². The average molecular weight is 224 g/mol. The third kappa shape index (κ3) is 3.65. The van der Waals surface area contributed by atoms with Crippen LogP contribution in [0.2, 0.25) is 0 Å². The Morgan fingerprint density at radius 3 is 2.75 bits per heavy atom. The molecule has 1 rings (SSSR count). The van der Waals surface area contributed by atoms with Gasteiger partial charge in [-0.05, 0) is 38.3 Å². The average Bonchev–Trinajstić information content (AvgIpc) is 2.74. The fourth-order valence-electron chi connectivity index (χ4n) is 1.55. The number of ether oxygens (including phenoxy) is 1. The van der Waals surface area contributed by atoms with Crippen molar-refractivity contribution in [3.05, 3.63) is 24.0 Å². The summed E-state index contributed by atoms with van der Waals surface area (Å²) in [7, 11) is 1.76. The molecule has 1 aromatic heterocycles. The van der Waals surface area contributed by atoms with E-state index >= 15 is 0 Å². The Balaban J connectivity index is 2.53. The van der Waals surface area contributed by atoms with Crippen molar-refractivity contribution < 1.29 is 4.74 Å². The van der Waals surface area contributed by atoms with Gasteiger partial charge in [-0.2, -0.15) is 0 Å². The number of nitrogens with zero attached hydrogens (tertiary/aromatic N) is 1. The smallest absolute Gasteiger partial charge is 0.0639 e. The van der Waals surface area contributed by atoms with Gasteiger partial charge in [-0.25, -0.2) is 0 Å². The quantitative estimate of drug-likeness (QED) is 0.807. The van der Waals surface area contributed by atoms with E-state index in [0.29, 0.717) is 0 Å². The molecule has 1 aromatic rings. The van der Waals surface area contributed by atoms with E-state index in [1.807, 2.05) is 0 Å². The van der Waals surface area contributed by atoms with Crippen LogP contribution in [0, 0.1) is 0 Å². The summed E-state index contributed by atoms with van der Waals surface area (Å²) in [5.74, 6) is 0. The van der Waals surface area contributed by atoms with Gasteiger partial charge in [-0.1, -0.05) is 6.92 Å². The van der Waals surface area contributed by atoms with Crippen LogP contribution in [0.5, 0.6) is 0 Å². The third-order valence-corrected chi connectivity index (χ3v) is 3.17. The second-order valence-corrected chi connectivity index (χ2v) is 4.91. The highest BCUT2D eigenvalue weighted by atomic mass is 16.5. The first-order chi connectivity index (χ1) is 7.48. The summed E-state index contributed by atoms with van der Waals surface area (Å²) in [6.45, 7) is 7.29. The SMILES string of the molecule is CCC(N)c1ccn(CCC(C)(C)OC)c1. The van der Waals surface area contributed by atoms with Crippen LogP contribution in [-0.2, 0) is 11.3 Å². The first kappa shape index (κ1) is 13.3. The summed E-state index contributed by atoms with van der Waals surface area (Å²) in [4.78, 5) is 0. The van der Waals surface area contributed by atoms with E-state index in [0.717, 1.165) is 19.4 Å². The summed E-state index contributed by atoms with van der Waals surface area (Å²) >= 11 is 0. The molecule has 2 N–H and O–H groups in total. The van der Waals surface area contributed by atoms with Gasteiger partial charge in [-0.15, -0.1) is 0 Å². The zero-order valence-electron chi connectivity index (χ0n) is 10.9. The Labute approximate surface area is 98.6 Å². The van der Waals surface area contributed by atoms with Crippen molar-refractivity contribution in [2.45, 2.75) is 51.8 Å².